The molecular weight excluding hydrogens is 326 g/mol. The van der Waals surface area contributed by atoms with Gasteiger partial charge in [-0.25, -0.2) is 0 Å². The number of rotatable bonds is 3. The first-order valence-corrected chi connectivity index (χ1v) is 9.96. The summed E-state index contributed by atoms with van der Waals surface area (Å²) in [5, 5.41) is 9.88. The monoisotopic (exact) mass is 357 g/mol. The third-order valence-electron chi connectivity index (χ3n) is 7.00. The molecule has 0 bridgehead atoms. The Balaban J connectivity index is 1.31. The third-order valence-corrected chi connectivity index (χ3v) is 7.00. The van der Waals surface area contributed by atoms with Crippen molar-refractivity contribution in [3.8, 4) is 5.75 Å². The van der Waals surface area contributed by atoms with Crippen LogP contribution in [0.25, 0.3) is 0 Å². The largest absolute Gasteiger partial charge is 0.497 e. The highest BCUT2D eigenvalue weighted by molar-refractivity contribution is 5.80. The Hall–Kier alpha value is -1.55. The minimum absolute atomic E-state index is 0.0490. The molecule has 0 unspecified atom stereocenters. The van der Waals surface area contributed by atoms with E-state index >= 15 is 0 Å². The Kier molecular flexibility index (Phi) is 4.30. The second-order valence-electron chi connectivity index (χ2n) is 9.32. The topological polar surface area (TPSA) is 49.8 Å². The summed E-state index contributed by atoms with van der Waals surface area (Å²) in [7, 11) is 1.73. The van der Waals surface area contributed by atoms with Crippen LogP contribution < -0.4 is 4.74 Å². The minimum atomic E-state index is -0.618. The molecule has 3 aliphatic rings. The number of hydrogen-bond acceptors (Lipinski definition) is 3. The summed E-state index contributed by atoms with van der Waals surface area (Å²) < 4.78 is 5.42. The molecule has 1 heterocycles. The average Bonchev–Trinajstić information content (AvgIpc) is 2.56. The van der Waals surface area contributed by atoms with Gasteiger partial charge in [0.1, 0.15) is 5.75 Å². The maximum Gasteiger partial charge on any atom is 0.225 e. The van der Waals surface area contributed by atoms with Crippen LogP contribution in [0, 0.1) is 18.3 Å². The molecule has 1 spiro atoms. The van der Waals surface area contributed by atoms with Crippen LogP contribution in [-0.2, 0) is 4.79 Å². The fourth-order valence-corrected chi connectivity index (χ4v) is 5.40. The summed E-state index contributed by atoms with van der Waals surface area (Å²) in [6.45, 7) is 5.74. The van der Waals surface area contributed by atoms with Crippen LogP contribution in [0.15, 0.2) is 18.2 Å². The predicted octanol–water partition coefficient (Wildman–Crippen LogP) is 3.65. The van der Waals surface area contributed by atoms with Crippen molar-refractivity contribution in [1.29, 1.82) is 0 Å². The van der Waals surface area contributed by atoms with Crippen molar-refractivity contribution >= 4 is 5.91 Å². The lowest BCUT2D eigenvalue weighted by Crippen LogP contribution is -2.53. The number of methoxy groups -OCH3 is 1. The number of amides is 1. The van der Waals surface area contributed by atoms with Crippen LogP contribution >= 0.6 is 0 Å². The molecule has 0 radical (unpaired) electrons. The van der Waals surface area contributed by atoms with Crippen LogP contribution in [0.5, 0.6) is 5.75 Å². The van der Waals surface area contributed by atoms with E-state index in [1.807, 2.05) is 11.8 Å². The van der Waals surface area contributed by atoms with Crippen molar-refractivity contribution in [2.24, 2.45) is 11.3 Å². The molecule has 1 N–H and O–H groups in total. The first-order chi connectivity index (χ1) is 12.3. The Labute approximate surface area is 156 Å². The molecule has 4 rings (SSSR count). The van der Waals surface area contributed by atoms with E-state index in [1.54, 1.807) is 7.11 Å². The molecule has 4 nitrogen and oxygen atoms in total. The smallest absolute Gasteiger partial charge is 0.225 e. The molecule has 1 amide bonds. The Bertz CT molecular complexity index is 687. The molecule has 4 heteroatoms. The van der Waals surface area contributed by atoms with Gasteiger partial charge in [-0.05, 0) is 87.0 Å². The van der Waals surface area contributed by atoms with Gasteiger partial charge >= 0.3 is 0 Å². The molecule has 2 aliphatic carbocycles. The van der Waals surface area contributed by atoms with Crippen molar-refractivity contribution in [1.82, 2.24) is 4.90 Å². The number of benzene rings is 1. The number of ether oxygens (including phenoxy) is 1. The molecule has 0 aromatic heterocycles. The van der Waals surface area contributed by atoms with E-state index in [2.05, 4.69) is 25.1 Å². The van der Waals surface area contributed by atoms with E-state index in [0.29, 0.717) is 24.2 Å². The van der Waals surface area contributed by atoms with Crippen molar-refractivity contribution < 1.29 is 14.6 Å². The van der Waals surface area contributed by atoms with E-state index < -0.39 is 5.60 Å². The Morgan fingerprint density at radius 2 is 1.81 bits per heavy atom. The lowest BCUT2D eigenvalue weighted by molar-refractivity contribution is -0.153. The summed E-state index contributed by atoms with van der Waals surface area (Å²) in [4.78, 5) is 14.6. The molecule has 142 valence electrons. The SMILES string of the molecule is COc1cc(C)cc(C2CC3(CCN(C(=O)C4CC(C)(O)C4)CC3)C2)c1. The molecular formula is C22H31NO3. The molecule has 26 heavy (non-hydrogen) atoms. The quantitative estimate of drug-likeness (QED) is 0.898. The Morgan fingerprint density at radius 3 is 2.38 bits per heavy atom. The van der Waals surface area contributed by atoms with Crippen LogP contribution in [0.4, 0.5) is 0 Å². The number of carbonyl (C=O) groups excluding carboxylic acids is 1. The normalized spacial score (nSPS) is 30.6. The molecule has 1 aliphatic heterocycles. The van der Waals surface area contributed by atoms with Crippen molar-refractivity contribution in [2.75, 3.05) is 20.2 Å². The first-order valence-electron chi connectivity index (χ1n) is 9.96. The summed E-state index contributed by atoms with van der Waals surface area (Å²) in [6.07, 6.45) is 5.98. The van der Waals surface area contributed by atoms with E-state index in [1.165, 1.54) is 24.0 Å². The van der Waals surface area contributed by atoms with Gasteiger partial charge < -0.3 is 14.7 Å². The van der Waals surface area contributed by atoms with Crippen LogP contribution in [0.3, 0.4) is 0 Å². The van der Waals surface area contributed by atoms with Gasteiger partial charge in [0, 0.05) is 19.0 Å². The second-order valence-corrected chi connectivity index (χ2v) is 9.32. The van der Waals surface area contributed by atoms with Crippen molar-refractivity contribution in [3.63, 3.8) is 0 Å². The number of piperidine rings is 1. The zero-order chi connectivity index (χ0) is 18.5. The number of carbonyl (C=O) groups is 1. The van der Waals surface area contributed by atoms with Gasteiger partial charge in [0.05, 0.1) is 12.7 Å². The van der Waals surface area contributed by atoms with Gasteiger partial charge in [0.2, 0.25) is 5.91 Å². The standard InChI is InChI=1S/C22H31NO3/c1-15-8-16(10-19(9-15)26-3)17-13-22(14-17)4-6-23(7-5-22)20(24)18-11-21(2,25)12-18/h8-10,17-18,25H,4-7,11-14H2,1-3H3. The summed E-state index contributed by atoms with van der Waals surface area (Å²) in [6, 6.07) is 6.56. The number of aliphatic hydroxyl groups is 1. The molecule has 2 saturated carbocycles. The summed E-state index contributed by atoms with van der Waals surface area (Å²) >= 11 is 0. The van der Waals surface area contributed by atoms with Crippen LogP contribution in [0.2, 0.25) is 0 Å². The number of likely N-dealkylation sites (tertiary alicyclic amines) is 1. The molecule has 1 saturated heterocycles. The fraction of sp³-hybridized carbons (Fsp3) is 0.682. The average molecular weight is 357 g/mol. The summed E-state index contributed by atoms with van der Waals surface area (Å²) in [5.41, 5.74) is 2.48. The minimum Gasteiger partial charge on any atom is -0.497 e. The van der Waals surface area contributed by atoms with E-state index in [4.69, 9.17) is 4.74 Å². The number of aryl methyl sites for hydroxylation is 1. The predicted molar refractivity (Wildman–Crippen MR) is 101 cm³/mol. The maximum atomic E-state index is 12.6. The molecule has 0 atom stereocenters. The van der Waals surface area contributed by atoms with E-state index in [9.17, 15) is 9.90 Å². The van der Waals surface area contributed by atoms with Gasteiger partial charge in [-0.3, -0.25) is 4.79 Å². The van der Waals surface area contributed by atoms with Gasteiger partial charge in [0.25, 0.3) is 0 Å². The van der Waals surface area contributed by atoms with Gasteiger partial charge in [-0.1, -0.05) is 6.07 Å². The lowest BCUT2D eigenvalue weighted by Gasteiger charge is -2.53. The number of hydrogen-bond donors (Lipinski definition) is 1. The maximum absolute atomic E-state index is 12.6. The van der Waals surface area contributed by atoms with Gasteiger partial charge in [-0.15, -0.1) is 0 Å². The van der Waals surface area contributed by atoms with Crippen molar-refractivity contribution in [3.05, 3.63) is 29.3 Å². The third kappa shape index (κ3) is 3.24. The van der Waals surface area contributed by atoms with Crippen molar-refractivity contribution in [2.45, 2.75) is 63.9 Å². The lowest BCUT2D eigenvalue weighted by atomic mass is 9.56. The Morgan fingerprint density at radius 1 is 1.15 bits per heavy atom. The number of nitrogens with zero attached hydrogens (tertiary/aromatic N) is 1. The highest BCUT2D eigenvalue weighted by Crippen LogP contribution is 2.57. The van der Waals surface area contributed by atoms with Gasteiger partial charge in [-0.2, -0.15) is 0 Å². The molecule has 1 aromatic carbocycles. The second kappa shape index (κ2) is 6.26. The fourth-order valence-electron chi connectivity index (χ4n) is 5.40. The first kappa shape index (κ1) is 17.8. The highest BCUT2D eigenvalue weighted by atomic mass is 16.5. The van der Waals surface area contributed by atoms with Gasteiger partial charge in [0.15, 0.2) is 0 Å². The molecule has 3 fully saturated rings. The van der Waals surface area contributed by atoms with Crippen LogP contribution in [0.1, 0.15) is 62.5 Å². The zero-order valence-corrected chi connectivity index (χ0v) is 16.3. The van der Waals surface area contributed by atoms with Crippen LogP contribution in [-0.4, -0.2) is 41.7 Å². The highest BCUT2D eigenvalue weighted by Gasteiger charge is 2.49. The van der Waals surface area contributed by atoms with E-state index in [0.717, 1.165) is 31.7 Å². The zero-order valence-electron chi connectivity index (χ0n) is 16.3. The summed E-state index contributed by atoms with van der Waals surface area (Å²) in [5.74, 6) is 1.91. The van der Waals surface area contributed by atoms with E-state index in [-0.39, 0.29) is 11.8 Å². The molecule has 1 aromatic rings.